The Morgan fingerprint density at radius 3 is 2.19 bits per heavy atom. The zero-order valence-electron chi connectivity index (χ0n) is 13.7. The number of hydrogen-bond donors (Lipinski definition) is 1. The van der Waals surface area contributed by atoms with Crippen LogP contribution in [0.3, 0.4) is 0 Å². The first kappa shape index (κ1) is 17.9. The van der Waals surface area contributed by atoms with Gasteiger partial charge in [0.25, 0.3) is 0 Å². The average molecular weight is 314 g/mol. The van der Waals surface area contributed by atoms with Crippen molar-refractivity contribution in [3.05, 3.63) is 18.3 Å². The number of nitrogens with zero attached hydrogens (tertiary/aromatic N) is 3. The van der Waals surface area contributed by atoms with Gasteiger partial charge in [-0.15, -0.1) is 0 Å². The lowest BCUT2D eigenvalue weighted by Crippen LogP contribution is -2.36. The van der Waals surface area contributed by atoms with Gasteiger partial charge >= 0.3 is 0 Å². The van der Waals surface area contributed by atoms with E-state index in [-0.39, 0.29) is 10.9 Å². The average Bonchev–Trinajstić information content (AvgIpc) is 2.37. The van der Waals surface area contributed by atoms with Gasteiger partial charge in [-0.1, -0.05) is 13.8 Å². The van der Waals surface area contributed by atoms with Crippen LogP contribution in [0.15, 0.2) is 23.2 Å². The van der Waals surface area contributed by atoms with Crippen molar-refractivity contribution < 1.29 is 8.42 Å². The molecule has 1 heterocycles. The molecule has 1 aromatic heterocycles. The van der Waals surface area contributed by atoms with E-state index in [9.17, 15) is 8.42 Å². The highest BCUT2D eigenvalue weighted by molar-refractivity contribution is 7.89. The molecule has 120 valence electrons. The Morgan fingerprint density at radius 1 is 1.19 bits per heavy atom. The predicted molar refractivity (Wildman–Crippen MR) is 85.9 cm³/mol. The molecule has 1 unspecified atom stereocenters. The molecule has 0 amide bonds. The van der Waals surface area contributed by atoms with Gasteiger partial charge in [0, 0.05) is 32.9 Å². The van der Waals surface area contributed by atoms with E-state index in [4.69, 9.17) is 0 Å². The summed E-state index contributed by atoms with van der Waals surface area (Å²) in [6, 6.07) is 3.54. The Morgan fingerprint density at radius 2 is 1.81 bits per heavy atom. The maximum Gasteiger partial charge on any atom is 0.244 e. The monoisotopic (exact) mass is 314 g/mol. The van der Waals surface area contributed by atoms with Crippen LogP contribution in [0.1, 0.15) is 13.8 Å². The third-order valence-corrected chi connectivity index (χ3v) is 5.01. The molecule has 6 nitrogen and oxygen atoms in total. The van der Waals surface area contributed by atoms with Crippen molar-refractivity contribution in [1.29, 1.82) is 0 Å². The van der Waals surface area contributed by atoms with E-state index in [1.54, 1.807) is 12.1 Å². The Balaban J connectivity index is 2.87. The number of sulfonamides is 1. The summed E-state index contributed by atoms with van der Waals surface area (Å²) in [5.41, 5.74) is 0. The van der Waals surface area contributed by atoms with Crippen molar-refractivity contribution in [3.63, 3.8) is 0 Å². The Hall–Kier alpha value is -1.18. The molecule has 1 aromatic rings. The fourth-order valence-corrected chi connectivity index (χ4v) is 2.68. The molecule has 0 aliphatic rings. The summed E-state index contributed by atoms with van der Waals surface area (Å²) in [4.78, 5) is 6.54. The third-order valence-electron chi connectivity index (χ3n) is 3.21. The molecular formula is C14H26N4O2S. The molecule has 0 aliphatic carbocycles. The largest absolute Gasteiger partial charge is 0.366 e. The van der Waals surface area contributed by atoms with Gasteiger partial charge in [-0.3, -0.25) is 0 Å². The van der Waals surface area contributed by atoms with E-state index in [2.05, 4.69) is 29.0 Å². The minimum absolute atomic E-state index is 0.201. The summed E-state index contributed by atoms with van der Waals surface area (Å²) in [6.07, 6.45) is 1.39. The summed E-state index contributed by atoms with van der Waals surface area (Å²) in [5, 5.41) is 3.36. The number of pyridine rings is 1. The zero-order valence-corrected chi connectivity index (χ0v) is 14.5. The second kappa shape index (κ2) is 7.20. The maximum atomic E-state index is 12.0. The van der Waals surface area contributed by atoms with E-state index < -0.39 is 10.0 Å². The van der Waals surface area contributed by atoms with Crippen LogP contribution in [0.25, 0.3) is 0 Å². The predicted octanol–water partition coefficient (Wildman–Crippen LogP) is 1.33. The number of rotatable bonds is 7. The van der Waals surface area contributed by atoms with Crippen LogP contribution in [0, 0.1) is 5.92 Å². The van der Waals surface area contributed by atoms with Crippen LogP contribution < -0.4 is 5.32 Å². The normalized spacial score (nSPS) is 14.0. The topological polar surface area (TPSA) is 65.5 Å². The van der Waals surface area contributed by atoms with Crippen LogP contribution in [0.4, 0.5) is 5.82 Å². The summed E-state index contributed by atoms with van der Waals surface area (Å²) in [5.74, 6) is 1.13. The number of anilines is 1. The lowest BCUT2D eigenvalue weighted by atomic mass is 10.0. The Bertz CT molecular complexity index is 539. The van der Waals surface area contributed by atoms with E-state index in [1.807, 2.05) is 14.1 Å². The van der Waals surface area contributed by atoms with E-state index in [0.29, 0.717) is 11.7 Å². The molecule has 0 aliphatic heterocycles. The Labute approximate surface area is 128 Å². The van der Waals surface area contributed by atoms with Crippen LogP contribution in [0.5, 0.6) is 0 Å². The van der Waals surface area contributed by atoms with Crippen molar-refractivity contribution in [1.82, 2.24) is 14.2 Å². The van der Waals surface area contributed by atoms with Gasteiger partial charge in [0.15, 0.2) is 0 Å². The van der Waals surface area contributed by atoms with E-state index >= 15 is 0 Å². The van der Waals surface area contributed by atoms with Crippen LogP contribution >= 0.6 is 0 Å². The highest BCUT2D eigenvalue weighted by Crippen LogP contribution is 2.16. The number of aromatic nitrogens is 1. The molecule has 1 atom stereocenters. The molecule has 21 heavy (non-hydrogen) atoms. The van der Waals surface area contributed by atoms with Crippen molar-refractivity contribution in [2.75, 3.05) is 40.1 Å². The molecular weight excluding hydrogens is 288 g/mol. The second-order valence-electron chi connectivity index (χ2n) is 5.92. The standard InChI is InChI=1S/C14H26N4O2S/c1-11(2)13(10-17(3)4)16-14-8-7-12(9-15-14)21(19,20)18(5)6/h7-9,11,13H,10H2,1-6H3,(H,15,16). The van der Waals surface area contributed by atoms with Crippen molar-refractivity contribution in [2.45, 2.75) is 24.8 Å². The van der Waals surface area contributed by atoms with Crippen LogP contribution in [-0.2, 0) is 10.0 Å². The van der Waals surface area contributed by atoms with Gasteiger partial charge in [-0.25, -0.2) is 17.7 Å². The molecule has 0 radical (unpaired) electrons. The first-order valence-electron chi connectivity index (χ1n) is 6.94. The first-order valence-corrected chi connectivity index (χ1v) is 8.38. The molecule has 0 saturated carbocycles. The van der Waals surface area contributed by atoms with E-state index in [0.717, 1.165) is 6.54 Å². The van der Waals surface area contributed by atoms with Gasteiger partial charge in [0.05, 0.1) is 0 Å². The number of nitrogens with one attached hydrogen (secondary N) is 1. The quantitative estimate of drug-likeness (QED) is 0.822. The van der Waals surface area contributed by atoms with Crippen LogP contribution in [0.2, 0.25) is 0 Å². The highest BCUT2D eigenvalue weighted by Gasteiger charge is 2.18. The summed E-state index contributed by atoms with van der Waals surface area (Å²) in [7, 11) is 3.64. The molecule has 0 bridgehead atoms. The summed E-state index contributed by atoms with van der Waals surface area (Å²) >= 11 is 0. The van der Waals surface area contributed by atoms with Crippen LogP contribution in [-0.4, -0.2) is 63.4 Å². The van der Waals surface area contributed by atoms with Crippen molar-refractivity contribution in [2.24, 2.45) is 5.92 Å². The highest BCUT2D eigenvalue weighted by atomic mass is 32.2. The third kappa shape index (κ3) is 4.94. The Kier molecular flexibility index (Phi) is 6.12. The molecule has 1 N–H and O–H groups in total. The number of hydrogen-bond acceptors (Lipinski definition) is 5. The van der Waals surface area contributed by atoms with Gasteiger partial charge in [-0.2, -0.15) is 0 Å². The summed E-state index contributed by atoms with van der Waals surface area (Å²) in [6.45, 7) is 5.18. The van der Waals surface area contributed by atoms with Gasteiger partial charge in [-0.05, 0) is 32.1 Å². The van der Waals surface area contributed by atoms with Gasteiger partial charge < -0.3 is 10.2 Å². The van der Waals surface area contributed by atoms with E-state index in [1.165, 1.54) is 24.6 Å². The van der Waals surface area contributed by atoms with Crippen molar-refractivity contribution in [3.8, 4) is 0 Å². The minimum atomic E-state index is -3.42. The minimum Gasteiger partial charge on any atom is -0.366 e. The lowest BCUT2D eigenvalue weighted by Gasteiger charge is -2.26. The van der Waals surface area contributed by atoms with Crippen molar-refractivity contribution >= 4 is 15.8 Å². The molecule has 0 saturated heterocycles. The first-order chi connectivity index (χ1) is 9.64. The van der Waals surface area contributed by atoms with Gasteiger partial charge in [0.2, 0.25) is 10.0 Å². The smallest absolute Gasteiger partial charge is 0.244 e. The second-order valence-corrected chi connectivity index (χ2v) is 8.08. The zero-order chi connectivity index (χ0) is 16.2. The lowest BCUT2D eigenvalue weighted by molar-refractivity contribution is 0.344. The molecule has 0 spiro atoms. The fraction of sp³-hybridized carbons (Fsp3) is 0.643. The number of likely N-dealkylation sites (N-methyl/N-ethyl adjacent to an activating group) is 1. The molecule has 0 aromatic carbocycles. The summed E-state index contributed by atoms with van der Waals surface area (Å²) < 4.78 is 25.1. The molecule has 0 fully saturated rings. The van der Waals surface area contributed by atoms with Gasteiger partial charge in [0.1, 0.15) is 10.7 Å². The molecule has 1 rings (SSSR count). The molecule has 7 heteroatoms. The fourth-order valence-electron chi connectivity index (χ4n) is 1.84. The SMILES string of the molecule is CC(C)C(CN(C)C)Nc1ccc(S(=O)(=O)N(C)C)cn1. The maximum absolute atomic E-state index is 12.0.